The number of pyridine rings is 1. The first-order chi connectivity index (χ1) is 7.59. The molecule has 1 unspecified atom stereocenters. The smallest absolute Gasteiger partial charge is 0.166 e. The molecule has 1 fully saturated rings. The molecule has 16 heavy (non-hydrogen) atoms. The van der Waals surface area contributed by atoms with Gasteiger partial charge in [0.25, 0.3) is 0 Å². The van der Waals surface area contributed by atoms with Crippen molar-refractivity contribution in [2.45, 2.75) is 25.3 Å². The summed E-state index contributed by atoms with van der Waals surface area (Å²) in [5.74, 6) is -0.0580. The fourth-order valence-electron chi connectivity index (χ4n) is 1.82. The first kappa shape index (κ1) is 11.8. The summed E-state index contributed by atoms with van der Waals surface area (Å²) < 4.78 is 19.6. The lowest BCUT2D eigenvalue weighted by atomic mass is 9.95. The van der Waals surface area contributed by atoms with Crippen LogP contribution >= 0.6 is 15.9 Å². The topological polar surface area (TPSA) is 34.2 Å². The molecule has 2 heterocycles. The maximum Gasteiger partial charge on any atom is 0.166 e. The van der Waals surface area contributed by atoms with Gasteiger partial charge in [-0.3, -0.25) is 0 Å². The van der Waals surface area contributed by atoms with Gasteiger partial charge in [-0.1, -0.05) is 0 Å². The molecule has 1 atom stereocenters. The van der Waals surface area contributed by atoms with Crippen molar-refractivity contribution in [3.63, 3.8) is 0 Å². The lowest BCUT2D eigenvalue weighted by Gasteiger charge is -2.34. The van der Waals surface area contributed by atoms with Gasteiger partial charge in [-0.25, -0.2) is 9.37 Å². The van der Waals surface area contributed by atoms with Crippen LogP contribution in [0.5, 0.6) is 0 Å². The Kier molecular flexibility index (Phi) is 3.44. The van der Waals surface area contributed by atoms with Gasteiger partial charge in [0.2, 0.25) is 0 Å². The summed E-state index contributed by atoms with van der Waals surface area (Å²) in [6.45, 7) is 3.40. The largest absolute Gasteiger partial charge is 0.379 e. The van der Waals surface area contributed by atoms with Crippen LogP contribution < -0.4 is 5.32 Å². The third-order valence-electron chi connectivity index (χ3n) is 2.67. The van der Waals surface area contributed by atoms with Gasteiger partial charge in [0, 0.05) is 17.3 Å². The van der Waals surface area contributed by atoms with E-state index in [1.165, 1.54) is 6.07 Å². The molecule has 2 rings (SSSR count). The molecule has 0 spiro atoms. The molecule has 0 radical (unpaired) electrons. The molecule has 1 aromatic heterocycles. The van der Waals surface area contributed by atoms with Gasteiger partial charge < -0.3 is 10.1 Å². The Morgan fingerprint density at radius 2 is 2.44 bits per heavy atom. The molecule has 1 N–H and O–H groups in total. The summed E-state index contributed by atoms with van der Waals surface area (Å²) in [7, 11) is 0. The van der Waals surface area contributed by atoms with E-state index in [-0.39, 0.29) is 17.2 Å². The van der Waals surface area contributed by atoms with Crippen LogP contribution in [0.4, 0.5) is 10.2 Å². The fraction of sp³-hybridized carbons (Fsp3) is 0.545. The summed E-state index contributed by atoms with van der Waals surface area (Å²) in [5.41, 5.74) is -0.222. The predicted octanol–water partition coefficient (Wildman–Crippen LogP) is 2.96. The third-order valence-corrected chi connectivity index (χ3v) is 3.10. The highest BCUT2D eigenvalue weighted by atomic mass is 79.9. The Balaban J connectivity index is 2.13. The van der Waals surface area contributed by atoms with Gasteiger partial charge in [0.15, 0.2) is 11.6 Å². The number of nitrogens with zero attached hydrogens (tertiary/aromatic N) is 1. The second-order valence-corrected chi connectivity index (χ2v) is 5.24. The number of hydrogen-bond acceptors (Lipinski definition) is 3. The molecule has 1 aromatic rings. The molecule has 0 bridgehead atoms. The molecule has 1 saturated heterocycles. The van der Waals surface area contributed by atoms with Crippen LogP contribution in [0.25, 0.3) is 0 Å². The second-order valence-electron chi connectivity index (χ2n) is 4.33. The molecule has 0 aromatic carbocycles. The predicted molar refractivity (Wildman–Crippen MR) is 64.0 cm³/mol. The molecule has 3 nitrogen and oxygen atoms in total. The molecule has 0 saturated carbocycles. The van der Waals surface area contributed by atoms with Gasteiger partial charge in [-0.05, 0) is 41.8 Å². The molecule has 0 amide bonds. The molecule has 1 aliphatic heterocycles. The van der Waals surface area contributed by atoms with Crippen LogP contribution in [0, 0.1) is 5.82 Å². The maximum absolute atomic E-state index is 13.6. The van der Waals surface area contributed by atoms with Gasteiger partial charge in [-0.15, -0.1) is 0 Å². The van der Waals surface area contributed by atoms with Crippen molar-refractivity contribution < 1.29 is 9.13 Å². The number of aromatic nitrogens is 1. The van der Waals surface area contributed by atoms with Crippen molar-refractivity contribution in [2.24, 2.45) is 0 Å². The Labute approximate surface area is 103 Å². The van der Waals surface area contributed by atoms with Crippen LogP contribution in [-0.2, 0) is 4.74 Å². The molecular formula is C11H14BrFN2O. The van der Waals surface area contributed by atoms with Crippen molar-refractivity contribution in [1.29, 1.82) is 0 Å². The van der Waals surface area contributed by atoms with Crippen LogP contribution in [0.3, 0.4) is 0 Å². The third kappa shape index (κ3) is 2.71. The standard InChI is InChI=1S/C11H14BrFN2O/c1-11(3-2-4-16-7-11)15-10-9(13)5-8(12)6-14-10/h5-6H,2-4,7H2,1H3,(H,14,15). The van der Waals surface area contributed by atoms with E-state index in [9.17, 15) is 4.39 Å². The minimum atomic E-state index is -0.346. The Bertz CT molecular complexity index is 380. The minimum absolute atomic E-state index is 0.222. The Hall–Kier alpha value is -0.680. The van der Waals surface area contributed by atoms with E-state index >= 15 is 0 Å². The Morgan fingerprint density at radius 3 is 3.06 bits per heavy atom. The molecule has 0 aliphatic carbocycles. The maximum atomic E-state index is 13.6. The molecule has 1 aliphatic rings. The number of ether oxygens (including phenoxy) is 1. The minimum Gasteiger partial charge on any atom is -0.379 e. The van der Waals surface area contributed by atoms with Crippen LogP contribution in [-0.4, -0.2) is 23.7 Å². The van der Waals surface area contributed by atoms with Gasteiger partial charge in [0.05, 0.1) is 12.1 Å². The fourth-order valence-corrected chi connectivity index (χ4v) is 2.13. The summed E-state index contributed by atoms with van der Waals surface area (Å²) in [6.07, 6.45) is 3.53. The zero-order valence-electron chi connectivity index (χ0n) is 9.09. The summed E-state index contributed by atoms with van der Waals surface area (Å²) >= 11 is 3.18. The zero-order chi connectivity index (χ0) is 11.6. The normalized spacial score (nSPS) is 25.4. The van der Waals surface area contributed by atoms with Crippen molar-refractivity contribution in [3.05, 3.63) is 22.6 Å². The molecule has 88 valence electrons. The van der Waals surface area contributed by atoms with E-state index in [0.717, 1.165) is 19.4 Å². The number of hydrogen-bond donors (Lipinski definition) is 1. The van der Waals surface area contributed by atoms with Gasteiger partial charge in [0.1, 0.15) is 0 Å². The lowest BCUT2D eigenvalue weighted by Crippen LogP contribution is -2.43. The second kappa shape index (κ2) is 4.67. The van der Waals surface area contributed by atoms with E-state index in [0.29, 0.717) is 11.1 Å². The van der Waals surface area contributed by atoms with Crippen molar-refractivity contribution in [2.75, 3.05) is 18.5 Å². The SMILES string of the molecule is CC1(Nc2ncc(Br)cc2F)CCCOC1. The summed E-state index contributed by atoms with van der Waals surface area (Å²) in [6, 6.07) is 1.41. The highest BCUT2D eigenvalue weighted by Gasteiger charge is 2.28. The van der Waals surface area contributed by atoms with Gasteiger partial charge in [-0.2, -0.15) is 0 Å². The van der Waals surface area contributed by atoms with E-state index in [2.05, 4.69) is 26.2 Å². The number of anilines is 1. The first-order valence-corrected chi connectivity index (χ1v) is 6.05. The quantitative estimate of drug-likeness (QED) is 0.909. The molecular weight excluding hydrogens is 275 g/mol. The Morgan fingerprint density at radius 1 is 1.62 bits per heavy atom. The summed E-state index contributed by atoms with van der Waals surface area (Å²) in [4.78, 5) is 4.03. The summed E-state index contributed by atoms with van der Waals surface area (Å²) in [5, 5.41) is 3.12. The van der Waals surface area contributed by atoms with Gasteiger partial charge >= 0.3 is 0 Å². The highest BCUT2D eigenvalue weighted by molar-refractivity contribution is 9.10. The highest BCUT2D eigenvalue weighted by Crippen LogP contribution is 2.25. The molecule has 5 heteroatoms. The van der Waals surface area contributed by atoms with E-state index < -0.39 is 0 Å². The monoisotopic (exact) mass is 288 g/mol. The van der Waals surface area contributed by atoms with Crippen molar-refractivity contribution in [1.82, 2.24) is 4.98 Å². The average molecular weight is 289 g/mol. The van der Waals surface area contributed by atoms with Crippen molar-refractivity contribution in [3.8, 4) is 0 Å². The van der Waals surface area contributed by atoms with Crippen molar-refractivity contribution >= 4 is 21.7 Å². The average Bonchev–Trinajstić information content (AvgIpc) is 2.23. The van der Waals surface area contributed by atoms with E-state index in [1.807, 2.05) is 6.92 Å². The van der Waals surface area contributed by atoms with Crippen LogP contribution in [0.15, 0.2) is 16.7 Å². The zero-order valence-corrected chi connectivity index (χ0v) is 10.7. The van der Waals surface area contributed by atoms with Crippen LogP contribution in [0.2, 0.25) is 0 Å². The first-order valence-electron chi connectivity index (χ1n) is 5.26. The lowest BCUT2D eigenvalue weighted by molar-refractivity contribution is 0.0537. The number of rotatable bonds is 2. The van der Waals surface area contributed by atoms with E-state index in [4.69, 9.17) is 4.74 Å². The van der Waals surface area contributed by atoms with Crippen LogP contribution in [0.1, 0.15) is 19.8 Å². The number of halogens is 2. The number of nitrogens with one attached hydrogen (secondary N) is 1. The van der Waals surface area contributed by atoms with E-state index in [1.54, 1.807) is 6.20 Å².